The molecule has 3 heterocycles. The van der Waals surface area contributed by atoms with Crippen molar-refractivity contribution in [1.29, 1.82) is 0 Å². The van der Waals surface area contributed by atoms with Gasteiger partial charge in [-0.2, -0.15) is 0 Å². The third kappa shape index (κ3) is 4.43. The Balaban J connectivity index is 1.22. The van der Waals surface area contributed by atoms with Gasteiger partial charge in [0, 0.05) is 50.5 Å². The molecule has 1 saturated heterocycles. The molecule has 0 spiro atoms. The van der Waals surface area contributed by atoms with Gasteiger partial charge in [0.05, 0.1) is 10.9 Å². The number of anilines is 2. The van der Waals surface area contributed by atoms with Crippen LogP contribution in [0, 0.1) is 12.8 Å². The second-order valence-electron chi connectivity index (χ2n) is 8.66. The van der Waals surface area contributed by atoms with Crippen LogP contribution >= 0.6 is 11.3 Å². The lowest BCUT2D eigenvalue weighted by molar-refractivity contribution is -0.137. The van der Waals surface area contributed by atoms with Gasteiger partial charge in [0.1, 0.15) is 5.52 Å². The van der Waals surface area contributed by atoms with Crippen molar-refractivity contribution in [2.24, 2.45) is 5.92 Å². The lowest BCUT2D eigenvalue weighted by Crippen LogP contribution is -2.49. The first-order chi connectivity index (χ1) is 15.2. The van der Waals surface area contributed by atoms with Crippen LogP contribution in [0.25, 0.3) is 10.2 Å². The minimum Gasteiger partial charge on any atom is -0.340 e. The van der Waals surface area contributed by atoms with Crippen molar-refractivity contribution in [1.82, 2.24) is 19.8 Å². The van der Waals surface area contributed by atoms with Crippen LogP contribution in [0.2, 0.25) is 0 Å². The summed E-state index contributed by atoms with van der Waals surface area (Å²) in [6.45, 7) is 6.68. The number of nitrogens with one attached hydrogen (secondary N) is 1. The van der Waals surface area contributed by atoms with Crippen molar-refractivity contribution < 1.29 is 4.79 Å². The number of carbonyl (C=O) groups excluding carboxylic acids is 1. The van der Waals surface area contributed by atoms with E-state index < -0.39 is 0 Å². The van der Waals surface area contributed by atoms with E-state index >= 15 is 0 Å². The van der Waals surface area contributed by atoms with Crippen molar-refractivity contribution in [2.45, 2.75) is 39.2 Å². The first kappa shape index (κ1) is 20.4. The number of thiazole rings is 1. The zero-order valence-electron chi connectivity index (χ0n) is 18.0. The number of carbonyl (C=O) groups is 1. The number of benzene rings is 1. The molecule has 1 saturated carbocycles. The van der Waals surface area contributed by atoms with Gasteiger partial charge in [-0.15, -0.1) is 0 Å². The summed E-state index contributed by atoms with van der Waals surface area (Å²) in [6, 6.07) is 8.43. The topological polar surface area (TPSA) is 61.4 Å². The highest BCUT2D eigenvalue weighted by atomic mass is 32.1. The van der Waals surface area contributed by atoms with E-state index in [0.717, 1.165) is 66.6 Å². The van der Waals surface area contributed by atoms with E-state index in [1.54, 1.807) is 23.7 Å². The number of nitrogens with zero attached hydrogens (tertiary/aromatic N) is 4. The van der Waals surface area contributed by atoms with Crippen molar-refractivity contribution in [3.8, 4) is 0 Å². The van der Waals surface area contributed by atoms with Gasteiger partial charge in [-0.3, -0.25) is 14.7 Å². The van der Waals surface area contributed by atoms with Crippen molar-refractivity contribution >= 4 is 38.3 Å². The van der Waals surface area contributed by atoms with Gasteiger partial charge >= 0.3 is 0 Å². The largest absolute Gasteiger partial charge is 0.340 e. The lowest BCUT2D eigenvalue weighted by atomic mass is 10.0. The molecule has 31 heavy (non-hydrogen) atoms. The molecule has 2 fully saturated rings. The SMILES string of the molecule is Cc1c(CN2CCN(C(=O)C3CCCC3)CC2)cccc1Nc1nc2cnccc2s1. The maximum Gasteiger partial charge on any atom is 0.225 e. The molecule has 5 rings (SSSR count). The monoisotopic (exact) mass is 435 g/mol. The van der Waals surface area contributed by atoms with Crippen LogP contribution in [0.5, 0.6) is 0 Å². The standard InChI is InChI=1S/C24H29N5OS/c1-17-19(16-28-11-13-29(14-12-28)23(30)18-5-2-3-6-18)7-4-8-20(17)26-24-27-21-15-25-10-9-22(21)31-24/h4,7-10,15,18H,2-3,5-6,11-14,16H2,1H3,(H,26,27). The number of pyridine rings is 1. The van der Waals surface area contributed by atoms with Gasteiger partial charge in [0.15, 0.2) is 5.13 Å². The molecule has 0 atom stereocenters. The highest BCUT2D eigenvalue weighted by molar-refractivity contribution is 7.22. The lowest BCUT2D eigenvalue weighted by Gasteiger charge is -2.36. The Labute approximate surface area is 187 Å². The molecule has 6 nitrogen and oxygen atoms in total. The van der Waals surface area contributed by atoms with Crippen LogP contribution < -0.4 is 5.32 Å². The maximum absolute atomic E-state index is 12.7. The first-order valence-electron chi connectivity index (χ1n) is 11.2. The minimum absolute atomic E-state index is 0.287. The molecule has 1 aromatic carbocycles. The highest BCUT2D eigenvalue weighted by Gasteiger charge is 2.29. The van der Waals surface area contributed by atoms with Crippen LogP contribution in [-0.2, 0) is 11.3 Å². The zero-order chi connectivity index (χ0) is 21.2. The highest BCUT2D eigenvalue weighted by Crippen LogP contribution is 2.30. The Bertz CT molecular complexity index is 1030. The molecular weight excluding hydrogens is 406 g/mol. The molecule has 2 aliphatic rings. The molecule has 0 bridgehead atoms. The molecule has 2 aromatic heterocycles. The predicted octanol–water partition coefficient (Wildman–Crippen LogP) is 4.58. The predicted molar refractivity (Wildman–Crippen MR) is 126 cm³/mol. The van der Waals surface area contributed by atoms with Gasteiger partial charge in [0.2, 0.25) is 5.91 Å². The Morgan fingerprint density at radius 3 is 2.74 bits per heavy atom. The summed E-state index contributed by atoms with van der Waals surface area (Å²) >= 11 is 1.65. The quantitative estimate of drug-likeness (QED) is 0.636. The van der Waals surface area contributed by atoms with Gasteiger partial charge < -0.3 is 10.2 Å². The second-order valence-corrected chi connectivity index (χ2v) is 9.69. The van der Waals surface area contributed by atoms with E-state index in [1.807, 2.05) is 6.07 Å². The van der Waals surface area contributed by atoms with Crippen molar-refractivity contribution in [3.63, 3.8) is 0 Å². The van der Waals surface area contributed by atoms with E-state index in [-0.39, 0.29) is 5.92 Å². The Morgan fingerprint density at radius 2 is 1.97 bits per heavy atom. The molecule has 162 valence electrons. The molecule has 3 aromatic rings. The van der Waals surface area contributed by atoms with E-state index in [2.05, 4.69) is 50.2 Å². The summed E-state index contributed by atoms with van der Waals surface area (Å²) in [5.41, 5.74) is 4.60. The summed E-state index contributed by atoms with van der Waals surface area (Å²) in [6.07, 6.45) is 8.21. The maximum atomic E-state index is 12.7. The molecule has 7 heteroatoms. The second kappa shape index (κ2) is 8.93. The summed E-state index contributed by atoms with van der Waals surface area (Å²) in [7, 11) is 0. The van der Waals surface area contributed by atoms with E-state index in [4.69, 9.17) is 0 Å². The van der Waals surface area contributed by atoms with E-state index in [0.29, 0.717) is 5.91 Å². The Hall–Kier alpha value is -2.51. The van der Waals surface area contributed by atoms with Crippen LogP contribution in [0.15, 0.2) is 36.7 Å². The number of aromatic nitrogens is 2. The van der Waals surface area contributed by atoms with Crippen molar-refractivity contribution in [2.75, 3.05) is 31.5 Å². The van der Waals surface area contributed by atoms with E-state index in [1.165, 1.54) is 24.0 Å². The molecule has 1 N–H and O–H groups in total. The summed E-state index contributed by atoms with van der Waals surface area (Å²) < 4.78 is 1.14. The number of fused-ring (bicyclic) bond motifs is 1. The minimum atomic E-state index is 0.287. The van der Waals surface area contributed by atoms with Crippen LogP contribution in [0.4, 0.5) is 10.8 Å². The van der Waals surface area contributed by atoms with E-state index in [9.17, 15) is 4.79 Å². The smallest absolute Gasteiger partial charge is 0.225 e. The average Bonchev–Trinajstić information content (AvgIpc) is 3.46. The zero-order valence-corrected chi connectivity index (χ0v) is 18.8. The Kier molecular flexibility index (Phi) is 5.87. The number of hydrogen-bond acceptors (Lipinski definition) is 6. The summed E-state index contributed by atoms with van der Waals surface area (Å²) in [4.78, 5) is 26.1. The van der Waals surface area contributed by atoms with Gasteiger partial charge in [0.25, 0.3) is 0 Å². The molecule has 0 unspecified atom stereocenters. The molecule has 1 aliphatic heterocycles. The first-order valence-corrected chi connectivity index (χ1v) is 12.1. The Morgan fingerprint density at radius 1 is 1.16 bits per heavy atom. The fourth-order valence-corrected chi connectivity index (χ4v) is 5.58. The number of amides is 1. The van der Waals surface area contributed by atoms with Crippen LogP contribution in [-0.4, -0.2) is 51.9 Å². The molecular formula is C24H29N5OS. The number of rotatable bonds is 5. The normalized spacial score (nSPS) is 18.0. The average molecular weight is 436 g/mol. The van der Waals surface area contributed by atoms with Gasteiger partial charge in [-0.25, -0.2) is 4.98 Å². The number of piperazine rings is 1. The third-order valence-corrected chi connectivity index (χ3v) is 7.61. The van der Waals surface area contributed by atoms with Crippen LogP contribution in [0.1, 0.15) is 36.8 Å². The summed E-state index contributed by atoms with van der Waals surface area (Å²) in [5.74, 6) is 0.681. The fraction of sp³-hybridized carbons (Fsp3) is 0.458. The molecule has 1 amide bonds. The number of hydrogen-bond donors (Lipinski definition) is 1. The molecule has 1 aliphatic carbocycles. The van der Waals surface area contributed by atoms with Gasteiger partial charge in [-0.1, -0.05) is 36.3 Å². The van der Waals surface area contributed by atoms with Gasteiger partial charge in [-0.05, 0) is 43.0 Å². The van der Waals surface area contributed by atoms with Crippen molar-refractivity contribution in [3.05, 3.63) is 47.8 Å². The fourth-order valence-electron chi connectivity index (χ4n) is 4.74. The van der Waals surface area contributed by atoms with Crippen LogP contribution in [0.3, 0.4) is 0 Å². The summed E-state index contributed by atoms with van der Waals surface area (Å²) in [5, 5.41) is 4.39. The molecule has 0 radical (unpaired) electrons. The third-order valence-electron chi connectivity index (χ3n) is 6.66.